The van der Waals surface area contributed by atoms with E-state index in [0.717, 1.165) is 27.1 Å². The Bertz CT molecular complexity index is 2100. The van der Waals surface area contributed by atoms with Gasteiger partial charge in [-0.2, -0.15) is 0 Å². The quantitative estimate of drug-likeness (QED) is 0.0777. The zero-order valence-corrected chi connectivity index (χ0v) is 36.1. The lowest BCUT2D eigenvalue weighted by Gasteiger charge is -2.47. The molecule has 5 aromatic carbocycles. The highest BCUT2D eigenvalue weighted by atomic mass is 32.2. The molecule has 0 bridgehead atoms. The summed E-state index contributed by atoms with van der Waals surface area (Å²) in [5.74, 6) is -1.13. The van der Waals surface area contributed by atoms with Gasteiger partial charge in [-0.05, 0) is 34.4 Å². The van der Waals surface area contributed by atoms with E-state index in [1.165, 1.54) is 25.6 Å². The van der Waals surface area contributed by atoms with E-state index in [4.69, 9.17) is 42.6 Å². The molecule has 2 aliphatic heterocycles. The summed E-state index contributed by atoms with van der Waals surface area (Å²) in [4.78, 5) is 26.5. The van der Waals surface area contributed by atoms with Crippen molar-refractivity contribution < 1.29 is 57.3 Å². The summed E-state index contributed by atoms with van der Waals surface area (Å²) in [6, 6.07) is 48.5. The maximum atomic E-state index is 13.0. The summed E-state index contributed by atoms with van der Waals surface area (Å²) in [6.45, 7) is 2.64. The molecule has 13 heteroatoms. The number of hydrogen-bond acceptors (Lipinski definition) is 13. The van der Waals surface area contributed by atoms with Gasteiger partial charge in [0, 0.05) is 18.7 Å². The van der Waals surface area contributed by atoms with Crippen LogP contribution in [0.4, 0.5) is 0 Å². The Labute approximate surface area is 372 Å². The van der Waals surface area contributed by atoms with Gasteiger partial charge >= 0.3 is 11.9 Å². The number of hydrogen-bond donors (Lipinski definition) is 1. The first-order valence-electron chi connectivity index (χ1n) is 21.1. The highest BCUT2D eigenvalue weighted by Gasteiger charge is 2.53. The van der Waals surface area contributed by atoms with E-state index in [-0.39, 0.29) is 33.0 Å². The van der Waals surface area contributed by atoms with Crippen molar-refractivity contribution >= 4 is 23.7 Å². The molecular weight excluding hydrogens is 825 g/mol. The monoisotopic (exact) mass is 878 g/mol. The SMILES string of the molecule is CC(=O)O[C@H]1[C@H](OCc2ccccc2)[C@@H](OCc2ccccc2)[C@@H](Sc2ccccc2)O[C@@H]1CO[C@H]1O[C@H](CO)[C@@H](OC(C)=O)[C@H](OCc2ccccc2)[C@H]1OCc1ccccc1. The smallest absolute Gasteiger partial charge is 0.303 e. The molecule has 63 heavy (non-hydrogen) atoms. The van der Waals surface area contributed by atoms with Crippen LogP contribution in [0.3, 0.4) is 0 Å². The van der Waals surface area contributed by atoms with Gasteiger partial charge in [-0.3, -0.25) is 9.59 Å². The van der Waals surface area contributed by atoms with Crippen molar-refractivity contribution in [2.24, 2.45) is 0 Å². The Kier molecular flexibility index (Phi) is 17.3. The number of carbonyl (C=O) groups excluding carboxylic acids is 2. The Morgan fingerprint density at radius 3 is 1.29 bits per heavy atom. The molecule has 0 aliphatic carbocycles. The molecule has 0 radical (unpaired) electrons. The molecule has 0 aromatic heterocycles. The van der Waals surface area contributed by atoms with Crippen molar-refractivity contribution in [3.05, 3.63) is 174 Å². The Morgan fingerprint density at radius 1 is 0.476 bits per heavy atom. The summed E-state index contributed by atoms with van der Waals surface area (Å²) >= 11 is 1.46. The summed E-state index contributed by atoms with van der Waals surface area (Å²) in [5, 5.41) is 10.7. The molecule has 2 aliphatic rings. The summed E-state index contributed by atoms with van der Waals surface area (Å²) in [6.07, 6.45) is -8.73. The molecule has 0 unspecified atom stereocenters. The van der Waals surface area contributed by atoms with Gasteiger partial charge in [0.2, 0.25) is 0 Å². The molecule has 0 saturated carbocycles. The minimum atomic E-state index is -1.18. The Hall–Kier alpha value is -4.93. The standard InChI is InChI=1S/C50H54O12S/c1-34(52)59-43-41(28-51)61-49(47(56-31-38-22-12-5-13-23-38)45(43)54-29-36-18-8-3-9-19-36)58-33-42-44(60-35(2)53)46(55-30-37-20-10-4-11-21-37)48(57-32-39-24-14-6-15-25-39)50(62-42)63-40-26-16-7-17-27-40/h3-27,41-51H,28-33H2,1-2H3/t41-,42-,43-,44-,45+,46+,47-,48-,49+,50-/m1/s1. The van der Waals surface area contributed by atoms with Gasteiger partial charge in [-0.15, -0.1) is 0 Å². The number of aliphatic hydroxyl groups is 1. The lowest BCUT2D eigenvalue weighted by Crippen LogP contribution is -2.63. The third-order valence-electron chi connectivity index (χ3n) is 10.5. The van der Waals surface area contributed by atoms with E-state index in [1.54, 1.807) is 0 Å². The number of thioether (sulfide) groups is 1. The number of aliphatic hydroxyl groups excluding tert-OH is 1. The lowest BCUT2D eigenvalue weighted by molar-refractivity contribution is -0.330. The normalized spacial score (nSPS) is 25.8. The van der Waals surface area contributed by atoms with Crippen LogP contribution in [0, 0.1) is 0 Å². The van der Waals surface area contributed by atoms with Crippen molar-refractivity contribution in [2.45, 2.75) is 106 Å². The maximum Gasteiger partial charge on any atom is 0.303 e. The van der Waals surface area contributed by atoms with Crippen molar-refractivity contribution in [3.63, 3.8) is 0 Å². The van der Waals surface area contributed by atoms with E-state index >= 15 is 0 Å². The fourth-order valence-corrected chi connectivity index (χ4v) is 8.70. The van der Waals surface area contributed by atoms with Crippen LogP contribution in [0.25, 0.3) is 0 Å². The highest BCUT2D eigenvalue weighted by Crippen LogP contribution is 2.39. The minimum Gasteiger partial charge on any atom is -0.457 e. The Balaban J connectivity index is 1.22. The second-order valence-electron chi connectivity index (χ2n) is 15.2. The molecule has 10 atom stereocenters. The van der Waals surface area contributed by atoms with Gasteiger partial charge in [0.05, 0.1) is 39.6 Å². The van der Waals surface area contributed by atoms with Gasteiger partial charge in [-0.25, -0.2) is 0 Å². The van der Waals surface area contributed by atoms with Gasteiger partial charge in [0.1, 0.15) is 42.1 Å². The molecule has 0 amide bonds. The van der Waals surface area contributed by atoms with Gasteiger partial charge in [0.25, 0.3) is 0 Å². The van der Waals surface area contributed by atoms with Crippen LogP contribution in [0.5, 0.6) is 0 Å². The molecule has 1 N–H and O–H groups in total. The number of benzene rings is 5. The van der Waals surface area contributed by atoms with E-state index in [2.05, 4.69) is 0 Å². The Morgan fingerprint density at radius 2 is 0.857 bits per heavy atom. The number of carbonyl (C=O) groups is 2. The third-order valence-corrected chi connectivity index (χ3v) is 11.7. The molecular formula is C50H54O12S. The van der Waals surface area contributed by atoms with Crippen molar-refractivity contribution in [1.82, 2.24) is 0 Å². The lowest BCUT2D eigenvalue weighted by atomic mass is 9.97. The summed E-state index contributed by atoms with van der Waals surface area (Å²) in [5.41, 5.74) is 2.94. The molecule has 0 spiro atoms. The maximum absolute atomic E-state index is 13.0. The zero-order chi connectivity index (χ0) is 43.8. The first-order valence-corrected chi connectivity index (χ1v) is 21.9. The van der Waals surface area contributed by atoms with Gasteiger partial charge in [0.15, 0.2) is 18.5 Å². The van der Waals surface area contributed by atoms with Crippen LogP contribution >= 0.6 is 11.8 Å². The number of esters is 2. The minimum absolute atomic E-state index is 0.137. The predicted molar refractivity (Wildman–Crippen MR) is 234 cm³/mol. The van der Waals surface area contributed by atoms with Crippen molar-refractivity contribution in [2.75, 3.05) is 13.2 Å². The molecule has 332 valence electrons. The van der Waals surface area contributed by atoms with E-state index in [0.29, 0.717) is 0 Å². The van der Waals surface area contributed by atoms with E-state index < -0.39 is 79.1 Å². The van der Waals surface area contributed by atoms with Gasteiger partial charge < -0.3 is 47.7 Å². The van der Waals surface area contributed by atoms with Crippen molar-refractivity contribution in [1.29, 1.82) is 0 Å². The second-order valence-corrected chi connectivity index (χ2v) is 16.4. The van der Waals surface area contributed by atoms with Crippen LogP contribution in [0.2, 0.25) is 0 Å². The average Bonchev–Trinajstić information content (AvgIpc) is 3.31. The highest BCUT2D eigenvalue weighted by molar-refractivity contribution is 7.99. The van der Waals surface area contributed by atoms with Crippen LogP contribution in [-0.2, 0) is 78.6 Å². The first kappa shape index (κ1) is 46.1. The van der Waals surface area contributed by atoms with Crippen LogP contribution in [-0.4, -0.2) is 90.8 Å². The number of ether oxygens (including phenoxy) is 9. The third kappa shape index (κ3) is 13.3. The molecule has 2 saturated heterocycles. The van der Waals surface area contributed by atoms with Crippen molar-refractivity contribution in [3.8, 4) is 0 Å². The number of rotatable bonds is 20. The fraction of sp³-hybridized carbons (Fsp3) is 0.360. The predicted octanol–water partition coefficient (Wildman–Crippen LogP) is 7.44. The molecule has 5 aromatic rings. The summed E-state index contributed by atoms with van der Waals surface area (Å²) in [7, 11) is 0. The average molecular weight is 879 g/mol. The van der Waals surface area contributed by atoms with E-state index in [9.17, 15) is 14.7 Å². The topological polar surface area (TPSA) is 137 Å². The van der Waals surface area contributed by atoms with Crippen LogP contribution < -0.4 is 0 Å². The molecule has 12 nitrogen and oxygen atoms in total. The fourth-order valence-electron chi connectivity index (χ4n) is 7.56. The van der Waals surface area contributed by atoms with Crippen LogP contribution in [0.1, 0.15) is 36.1 Å². The van der Waals surface area contributed by atoms with Gasteiger partial charge in [-0.1, -0.05) is 151 Å². The van der Waals surface area contributed by atoms with Crippen LogP contribution in [0.15, 0.2) is 157 Å². The van der Waals surface area contributed by atoms with E-state index in [1.807, 2.05) is 152 Å². The second kappa shape index (κ2) is 23.7. The first-order chi connectivity index (χ1) is 30.8. The molecule has 7 rings (SSSR count). The summed E-state index contributed by atoms with van der Waals surface area (Å²) < 4.78 is 58.5. The zero-order valence-electron chi connectivity index (χ0n) is 35.3. The molecule has 2 heterocycles. The molecule has 2 fully saturated rings. The largest absolute Gasteiger partial charge is 0.457 e.